The predicted molar refractivity (Wildman–Crippen MR) is 65.2 cm³/mol. The van der Waals surface area contributed by atoms with E-state index in [1.54, 1.807) is 23.9 Å². The monoisotopic (exact) mass is 296 g/mol. The number of sulfonamides is 1. The maximum atomic E-state index is 12.1. The molecule has 19 heavy (non-hydrogen) atoms. The number of aryl methyl sites for hydroxylation is 1. The van der Waals surface area contributed by atoms with E-state index in [9.17, 15) is 21.6 Å². The van der Waals surface area contributed by atoms with Gasteiger partial charge in [0.25, 0.3) is 0 Å². The zero-order valence-corrected chi connectivity index (χ0v) is 11.3. The Morgan fingerprint density at radius 3 is 2.42 bits per heavy atom. The van der Waals surface area contributed by atoms with Gasteiger partial charge in [-0.1, -0.05) is 12.1 Å². The van der Waals surface area contributed by atoms with Gasteiger partial charge in [-0.2, -0.15) is 13.2 Å². The fourth-order valence-corrected chi connectivity index (χ4v) is 2.81. The van der Waals surface area contributed by atoms with Gasteiger partial charge in [0.2, 0.25) is 10.0 Å². The third kappa shape index (κ3) is 4.81. The van der Waals surface area contributed by atoms with Gasteiger partial charge in [0.1, 0.15) is 6.54 Å². The number of benzene rings is 1. The minimum Gasteiger partial charge on any atom is -0.316 e. The van der Waals surface area contributed by atoms with Crippen molar-refractivity contribution in [1.29, 1.82) is 0 Å². The second-order valence-electron chi connectivity index (χ2n) is 4.07. The fraction of sp³-hybridized carbons (Fsp3) is 0.455. The van der Waals surface area contributed by atoms with Crippen molar-refractivity contribution in [2.75, 3.05) is 13.6 Å². The van der Waals surface area contributed by atoms with Crippen molar-refractivity contribution in [3.05, 3.63) is 29.3 Å². The van der Waals surface area contributed by atoms with Gasteiger partial charge in [0.15, 0.2) is 0 Å². The van der Waals surface area contributed by atoms with Crippen LogP contribution in [0, 0.1) is 6.92 Å². The minimum absolute atomic E-state index is 0.135. The van der Waals surface area contributed by atoms with Crippen molar-refractivity contribution in [2.24, 2.45) is 0 Å². The smallest absolute Gasteiger partial charge is 0.316 e. The Balaban J connectivity index is 3.03. The summed E-state index contributed by atoms with van der Waals surface area (Å²) in [6.07, 6.45) is -4.58. The number of alkyl halides is 3. The number of hydrogen-bond donors (Lipinski definition) is 2. The van der Waals surface area contributed by atoms with E-state index >= 15 is 0 Å². The van der Waals surface area contributed by atoms with Crippen molar-refractivity contribution >= 4 is 10.0 Å². The number of halogens is 3. The van der Waals surface area contributed by atoms with Crippen LogP contribution >= 0.6 is 0 Å². The summed E-state index contributed by atoms with van der Waals surface area (Å²) in [5.74, 6) is 0. The van der Waals surface area contributed by atoms with Gasteiger partial charge < -0.3 is 5.32 Å². The van der Waals surface area contributed by atoms with Gasteiger partial charge in [0.05, 0.1) is 4.90 Å². The Kier molecular flexibility index (Phi) is 4.94. The molecule has 1 rings (SSSR count). The van der Waals surface area contributed by atoms with Crippen molar-refractivity contribution in [3.63, 3.8) is 0 Å². The lowest BCUT2D eigenvalue weighted by molar-refractivity contribution is -0.121. The third-order valence-corrected chi connectivity index (χ3v) is 3.93. The third-order valence-electron chi connectivity index (χ3n) is 2.39. The Labute approximate surface area is 110 Å². The molecule has 8 heteroatoms. The molecule has 0 amide bonds. The molecule has 0 unspecified atom stereocenters. The molecule has 1 aromatic rings. The van der Waals surface area contributed by atoms with Crippen molar-refractivity contribution in [2.45, 2.75) is 24.5 Å². The molecule has 0 spiro atoms. The first kappa shape index (κ1) is 15.9. The fourth-order valence-electron chi connectivity index (χ4n) is 1.50. The van der Waals surface area contributed by atoms with Gasteiger partial charge in [-0.15, -0.1) is 0 Å². The summed E-state index contributed by atoms with van der Waals surface area (Å²) < 4.78 is 61.4. The van der Waals surface area contributed by atoms with Gasteiger partial charge in [-0.05, 0) is 31.2 Å². The molecule has 0 saturated carbocycles. The average molecular weight is 296 g/mol. The van der Waals surface area contributed by atoms with Crippen LogP contribution in [0.5, 0.6) is 0 Å². The molecule has 0 aliphatic carbocycles. The van der Waals surface area contributed by atoms with Crippen LogP contribution in [0.15, 0.2) is 23.1 Å². The van der Waals surface area contributed by atoms with Crippen LogP contribution < -0.4 is 10.0 Å². The highest BCUT2D eigenvalue weighted by Crippen LogP contribution is 2.19. The predicted octanol–water partition coefficient (Wildman–Crippen LogP) is 1.56. The first-order valence-corrected chi connectivity index (χ1v) is 6.94. The highest BCUT2D eigenvalue weighted by atomic mass is 32.2. The van der Waals surface area contributed by atoms with E-state index in [4.69, 9.17) is 0 Å². The molecular formula is C11H15F3N2O2S. The lowest BCUT2D eigenvalue weighted by Crippen LogP contribution is -2.34. The van der Waals surface area contributed by atoms with E-state index in [0.717, 1.165) is 0 Å². The maximum Gasteiger partial charge on any atom is 0.402 e. The molecule has 2 N–H and O–H groups in total. The zero-order valence-electron chi connectivity index (χ0n) is 10.5. The van der Waals surface area contributed by atoms with Crippen LogP contribution in [0.1, 0.15) is 11.1 Å². The summed E-state index contributed by atoms with van der Waals surface area (Å²) in [5.41, 5.74) is 1.08. The second-order valence-corrected chi connectivity index (χ2v) is 5.81. The molecule has 0 heterocycles. The Morgan fingerprint density at radius 1 is 1.26 bits per heavy atom. The van der Waals surface area contributed by atoms with Gasteiger partial charge in [0, 0.05) is 6.54 Å². The number of rotatable bonds is 5. The van der Waals surface area contributed by atoms with E-state index in [1.165, 1.54) is 13.0 Å². The van der Waals surface area contributed by atoms with Crippen molar-refractivity contribution < 1.29 is 21.6 Å². The molecule has 0 bridgehead atoms. The van der Waals surface area contributed by atoms with E-state index in [0.29, 0.717) is 17.7 Å². The molecular weight excluding hydrogens is 281 g/mol. The van der Waals surface area contributed by atoms with E-state index in [-0.39, 0.29) is 4.90 Å². The largest absolute Gasteiger partial charge is 0.402 e. The summed E-state index contributed by atoms with van der Waals surface area (Å²) in [6, 6.07) is 4.65. The quantitative estimate of drug-likeness (QED) is 0.867. The summed E-state index contributed by atoms with van der Waals surface area (Å²) in [7, 11) is -2.47. The van der Waals surface area contributed by atoms with E-state index in [2.05, 4.69) is 5.32 Å². The van der Waals surface area contributed by atoms with Crippen LogP contribution in [-0.2, 0) is 16.6 Å². The molecule has 0 fully saturated rings. The molecule has 4 nitrogen and oxygen atoms in total. The Morgan fingerprint density at radius 2 is 1.89 bits per heavy atom. The van der Waals surface area contributed by atoms with Gasteiger partial charge >= 0.3 is 6.18 Å². The molecule has 0 saturated heterocycles. The molecule has 0 aliphatic rings. The molecule has 1 aromatic carbocycles. The highest BCUT2D eigenvalue weighted by Gasteiger charge is 2.30. The molecule has 0 aliphatic heterocycles. The van der Waals surface area contributed by atoms with E-state index in [1.807, 2.05) is 0 Å². The summed E-state index contributed by atoms with van der Waals surface area (Å²) in [5, 5.41) is 2.84. The van der Waals surface area contributed by atoms with Crippen LogP contribution in [0.25, 0.3) is 0 Å². The van der Waals surface area contributed by atoms with Crippen LogP contribution in [0.2, 0.25) is 0 Å². The maximum absolute atomic E-state index is 12.1. The number of hydrogen-bond acceptors (Lipinski definition) is 3. The van der Waals surface area contributed by atoms with Crippen LogP contribution in [-0.4, -0.2) is 28.2 Å². The molecule has 0 atom stereocenters. The van der Waals surface area contributed by atoms with E-state index < -0.39 is 22.7 Å². The molecule has 0 radical (unpaired) electrons. The minimum atomic E-state index is -4.58. The van der Waals surface area contributed by atoms with Crippen molar-refractivity contribution in [1.82, 2.24) is 10.0 Å². The van der Waals surface area contributed by atoms with Gasteiger partial charge in [-0.3, -0.25) is 0 Å². The second kappa shape index (κ2) is 5.89. The van der Waals surface area contributed by atoms with Crippen molar-refractivity contribution in [3.8, 4) is 0 Å². The first-order chi connectivity index (χ1) is 8.65. The average Bonchev–Trinajstić information content (AvgIpc) is 2.29. The standard InChI is InChI=1S/C11H15F3N2O2S/c1-8-3-4-9(6-15-2)5-10(8)19(17,18)16-7-11(12,13)14/h3-5,15-16H,6-7H2,1-2H3. The highest BCUT2D eigenvalue weighted by molar-refractivity contribution is 7.89. The Hall–Kier alpha value is -1.12. The summed E-state index contributed by atoms with van der Waals surface area (Å²) in [6.45, 7) is 0.387. The molecule has 0 aromatic heterocycles. The van der Waals surface area contributed by atoms with Crippen LogP contribution in [0.3, 0.4) is 0 Å². The molecule has 108 valence electrons. The zero-order chi connectivity index (χ0) is 14.7. The number of nitrogens with one attached hydrogen (secondary N) is 2. The topological polar surface area (TPSA) is 58.2 Å². The van der Waals surface area contributed by atoms with Crippen LogP contribution in [0.4, 0.5) is 13.2 Å². The SMILES string of the molecule is CNCc1ccc(C)c(S(=O)(=O)NCC(F)(F)F)c1. The summed E-state index contributed by atoms with van der Waals surface area (Å²) >= 11 is 0. The lowest BCUT2D eigenvalue weighted by atomic mass is 10.1. The first-order valence-electron chi connectivity index (χ1n) is 5.46. The van der Waals surface area contributed by atoms with Gasteiger partial charge in [-0.25, -0.2) is 13.1 Å². The normalized spacial score (nSPS) is 12.7. The summed E-state index contributed by atoms with van der Waals surface area (Å²) in [4.78, 5) is -0.135. The Bertz CT molecular complexity index is 541. The lowest BCUT2D eigenvalue weighted by Gasteiger charge is -2.12.